The number of aryl methyl sites for hydroxylation is 1. The van der Waals surface area contributed by atoms with Crippen LogP contribution in [0.5, 0.6) is 0 Å². The molecule has 0 spiro atoms. The summed E-state index contributed by atoms with van der Waals surface area (Å²) in [6, 6.07) is 8.86. The highest BCUT2D eigenvalue weighted by Gasteiger charge is 1.93. The molecule has 1 heteroatoms. The lowest BCUT2D eigenvalue weighted by atomic mass is 10.1. The lowest BCUT2D eigenvalue weighted by Crippen LogP contribution is -1.84. The van der Waals surface area contributed by atoms with E-state index in [4.69, 9.17) is 0 Å². The Labute approximate surface area is 85.7 Å². The van der Waals surface area contributed by atoms with Gasteiger partial charge in [-0.1, -0.05) is 31.9 Å². The molecule has 0 bridgehead atoms. The summed E-state index contributed by atoms with van der Waals surface area (Å²) in [5, 5.41) is 0. The van der Waals surface area contributed by atoms with Gasteiger partial charge in [-0.2, -0.15) is 0 Å². The third-order valence-corrected chi connectivity index (χ3v) is 2.87. The maximum Gasteiger partial charge on any atom is 0.00693 e. The van der Waals surface area contributed by atoms with E-state index in [9.17, 15) is 0 Å². The Morgan fingerprint density at radius 1 is 1.15 bits per heavy atom. The monoisotopic (exact) mass is 193 g/mol. The summed E-state index contributed by atoms with van der Waals surface area (Å²) < 4.78 is 0. The van der Waals surface area contributed by atoms with Crippen LogP contribution in [0.2, 0.25) is 0 Å². The van der Waals surface area contributed by atoms with Crippen LogP contribution >= 0.6 is 11.8 Å². The minimum Gasteiger partial charge on any atom is -0.130 e. The molecule has 1 radical (unpaired) electrons. The second-order valence-corrected chi connectivity index (χ2v) is 4.04. The van der Waals surface area contributed by atoms with Crippen LogP contribution in [0, 0.1) is 6.92 Å². The summed E-state index contributed by atoms with van der Waals surface area (Å²) in [5.41, 5.74) is 1.45. The second-order valence-electron chi connectivity index (χ2n) is 3.16. The van der Waals surface area contributed by atoms with Gasteiger partial charge in [-0.05, 0) is 36.8 Å². The Morgan fingerprint density at radius 2 is 1.85 bits per heavy atom. The van der Waals surface area contributed by atoms with Crippen molar-refractivity contribution in [3.05, 3.63) is 36.8 Å². The fraction of sp³-hybridized carbons (Fsp3) is 0.417. The molecule has 0 aliphatic rings. The van der Waals surface area contributed by atoms with Crippen molar-refractivity contribution >= 4 is 11.8 Å². The van der Waals surface area contributed by atoms with Gasteiger partial charge in [-0.15, -0.1) is 11.8 Å². The van der Waals surface area contributed by atoms with Gasteiger partial charge >= 0.3 is 0 Å². The standard InChI is InChI=1S/C12H17S/c1-3-4-5-6-11-7-9-12(13-2)10-8-11/h7-10H,1,3-6H2,2H3. The van der Waals surface area contributed by atoms with Gasteiger partial charge in [0.2, 0.25) is 0 Å². The Balaban J connectivity index is 2.40. The highest BCUT2D eigenvalue weighted by molar-refractivity contribution is 7.98. The number of hydrogen-bond donors (Lipinski definition) is 0. The lowest BCUT2D eigenvalue weighted by molar-refractivity contribution is 0.746. The van der Waals surface area contributed by atoms with E-state index in [0.29, 0.717) is 0 Å². The van der Waals surface area contributed by atoms with Gasteiger partial charge < -0.3 is 0 Å². The van der Waals surface area contributed by atoms with E-state index in [0.717, 1.165) is 6.42 Å². The molecular formula is C12H17S. The molecule has 0 nitrogen and oxygen atoms in total. The predicted molar refractivity (Wildman–Crippen MR) is 61.1 cm³/mol. The molecule has 0 saturated heterocycles. The maximum absolute atomic E-state index is 3.84. The minimum absolute atomic E-state index is 1.06. The summed E-state index contributed by atoms with van der Waals surface area (Å²) in [7, 11) is 0. The average molecular weight is 193 g/mol. The van der Waals surface area contributed by atoms with Gasteiger partial charge in [0.15, 0.2) is 0 Å². The first kappa shape index (κ1) is 10.6. The van der Waals surface area contributed by atoms with Crippen molar-refractivity contribution in [3.63, 3.8) is 0 Å². The second kappa shape index (κ2) is 6.09. The van der Waals surface area contributed by atoms with Gasteiger partial charge in [0, 0.05) is 4.90 Å². The molecule has 1 rings (SSSR count). The summed E-state index contributed by atoms with van der Waals surface area (Å²) in [6.45, 7) is 3.84. The summed E-state index contributed by atoms with van der Waals surface area (Å²) >= 11 is 1.80. The summed E-state index contributed by atoms with van der Waals surface area (Å²) in [4.78, 5) is 1.35. The molecule has 71 valence electrons. The Kier molecular flexibility index (Phi) is 4.99. The van der Waals surface area contributed by atoms with Crippen molar-refractivity contribution in [2.24, 2.45) is 0 Å². The van der Waals surface area contributed by atoms with Gasteiger partial charge in [-0.25, -0.2) is 0 Å². The maximum atomic E-state index is 3.84. The van der Waals surface area contributed by atoms with Crippen LogP contribution in [0.4, 0.5) is 0 Å². The highest BCUT2D eigenvalue weighted by Crippen LogP contribution is 2.16. The van der Waals surface area contributed by atoms with Gasteiger partial charge in [-0.3, -0.25) is 0 Å². The van der Waals surface area contributed by atoms with Crippen LogP contribution in [0.15, 0.2) is 29.2 Å². The summed E-state index contributed by atoms with van der Waals surface area (Å²) in [5.74, 6) is 0. The molecule has 0 N–H and O–H groups in total. The van der Waals surface area contributed by atoms with Crippen LogP contribution < -0.4 is 0 Å². The van der Waals surface area contributed by atoms with E-state index in [1.165, 1.54) is 29.7 Å². The van der Waals surface area contributed by atoms with E-state index in [2.05, 4.69) is 37.4 Å². The van der Waals surface area contributed by atoms with Crippen molar-refractivity contribution in [1.82, 2.24) is 0 Å². The third-order valence-electron chi connectivity index (χ3n) is 2.12. The number of rotatable bonds is 5. The number of thioether (sulfide) groups is 1. The molecule has 1 aromatic carbocycles. The van der Waals surface area contributed by atoms with Gasteiger partial charge in [0.25, 0.3) is 0 Å². The van der Waals surface area contributed by atoms with E-state index in [1.54, 1.807) is 11.8 Å². The first-order valence-electron chi connectivity index (χ1n) is 4.79. The molecular weight excluding hydrogens is 176 g/mol. The Bertz CT molecular complexity index is 225. The van der Waals surface area contributed by atoms with E-state index < -0.39 is 0 Å². The van der Waals surface area contributed by atoms with Crippen LogP contribution in [0.3, 0.4) is 0 Å². The van der Waals surface area contributed by atoms with Crippen molar-refractivity contribution in [2.75, 3.05) is 6.26 Å². The van der Waals surface area contributed by atoms with Crippen LogP contribution in [-0.2, 0) is 6.42 Å². The molecule has 0 heterocycles. The number of unbranched alkanes of at least 4 members (excludes halogenated alkanes) is 2. The van der Waals surface area contributed by atoms with E-state index in [1.807, 2.05) is 0 Å². The quantitative estimate of drug-likeness (QED) is 0.504. The van der Waals surface area contributed by atoms with Crippen molar-refractivity contribution < 1.29 is 0 Å². The normalized spacial score (nSPS) is 10.3. The largest absolute Gasteiger partial charge is 0.130 e. The van der Waals surface area contributed by atoms with Crippen LogP contribution in [0.25, 0.3) is 0 Å². The van der Waals surface area contributed by atoms with Crippen LogP contribution in [-0.4, -0.2) is 6.26 Å². The van der Waals surface area contributed by atoms with Crippen molar-refractivity contribution in [3.8, 4) is 0 Å². The molecule has 0 aliphatic carbocycles. The first-order chi connectivity index (χ1) is 6.36. The SMILES string of the molecule is [CH2]CCCCc1ccc(SC)cc1. The van der Waals surface area contributed by atoms with Crippen LogP contribution in [0.1, 0.15) is 24.8 Å². The molecule has 13 heavy (non-hydrogen) atoms. The molecule has 0 aromatic heterocycles. The molecule has 0 unspecified atom stereocenters. The zero-order chi connectivity index (χ0) is 9.52. The van der Waals surface area contributed by atoms with Gasteiger partial charge in [0.1, 0.15) is 0 Å². The molecule has 0 amide bonds. The van der Waals surface area contributed by atoms with E-state index >= 15 is 0 Å². The Hall–Kier alpha value is -0.430. The molecule has 0 aliphatic heterocycles. The highest BCUT2D eigenvalue weighted by atomic mass is 32.2. The molecule has 0 fully saturated rings. The predicted octanol–water partition coefficient (Wildman–Crippen LogP) is 3.96. The lowest BCUT2D eigenvalue weighted by Gasteiger charge is -2.01. The first-order valence-corrected chi connectivity index (χ1v) is 6.01. The number of benzene rings is 1. The topological polar surface area (TPSA) is 0 Å². The molecule has 1 aromatic rings. The summed E-state index contributed by atoms with van der Waals surface area (Å²) in [6.07, 6.45) is 6.87. The fourth-order valence-electron chi connectivity index (χ4n) is 1.30. The minimum atomic E-state index is 1.06. The average Bonchev–Trinajstić information content (AvgIpc) is 2.19. The smallest absolute Gasteiger partial charge is 0.00693 e. The molecule has 0 atom stereocenters. The third kappa shape index (κ3) is 3.86. The van der Waals surface area contributed by atoms with E-state index in [-0.39, 0.29) is 0 Å². The molecule has 0 saturated carbocycles. The zero-order valence-corrected chi connectivity index (χ0v) is 9.07. The Morgan fingerprint density at radius 3 is 2.38 bits per heavy atom. The zero-order valence-electron chi connectivity index (χ0n) is 8.25. The number of hydrogen-bond acceptors (Lipinski definition) is 1. The van der Waals surface area contributed by atoms with Crippen molar-refractivity contribution in [2.45, 2.75) is 30.6 Å². The van der Waals surface area contributed by atoms with Crippen molar-refractivity contribution in [1.29, 1.82) is 0 Å². The fourth-order valence-corrected chi connectivity index (χ4v) is 1.71. The van der Waals surface area contributed by atoms with Gasteiger partial charge in [0.05, 0.1) is 0 Å².